The number of ether oxygens (including phenoxy) is 2. The van der Waals surface area contributed by atoms with Crippen LogP contribution in [-0.4, -0.2) is 26.9 Å². The van der Waals surface area contributed by atoms with E-state index in [0.717, 1.165) is 12.8 Å². The minimum Gasteiger partial charge on any atom is -0.454 e. The van der Waals surface area contributed by atoms with E-state index in [0.29, 0.717) is 17.1 Å². The van der Waals surface area contributed by atoms with Crippen molar-refractivity contribution in [3.63, 3.8) is 0 Å². The Morgan fingerprint density at radius 3 is 2.68 bits per heavy atom. The number of benzene rings is 1. The molecule has 1 heterocycles. The highest BCUT2D eigenvalue weighted by Gasteiger charge is 2.40. The van der Waals surface area contributed by atoms with Gasteiger partial charge in [0, 0.05) is 13.0 Å². The molecule has 1 fully saturated rings. The van der Waals surface area contributed by atoms with E-state index < -0.39 is 21.7 Å². The average Bonchev–Trinajstić information content (AvgIpc) is 3.08. The Balaban J connectivity index is 1.57. The summed E-state index contributed by atoms with van der Waals surface area (Å²) in [7, 11) is -4.04. The van der Waals surface area contributed by atoms with E-state index in [9.17, 15) is 17.2 Å². The molecule has 0 spiro atoms. The number of hydrogen-bond donors (Lipinski definition) is 1. The van der Waals surface area contributed by atoms with Crippen LogP contribution in [0.4, 0.5) is 8.78 Å². The van der Waals surface area contributed by atoms with E-state index in [1.165, 1.54) is 0 Å². The van der Waals surface area contributed by atoms with Gasteiger partial charge in [-0.15, -0.1) is 0 Å². The number of alkyl halides is 2. The zero-order valence-electron chi connectivity index (χ0n) is 11.8. The van der Waals surface area contributed by atoms with Crippen molar-refractivity contribution < 1.29 is 26.7 Å². The van der Waals surface area contributed by atoms with E-state index in [1.807, 2.05) is 0 Å². The summed E-state index contributed by atoms with van der Waals surface area (Å²) in [4.78, 5) is 0. The summed E-state index contributed by atoms with van der Waals surface area (Å²) in [6.07, 6.45) is 1.18. The molecule has 22 heavy (non-hydrogen) atoms. The van der Waals surface area contributed by atoms with Gasteiger partial charge in [0.15, 0.2) is 11.5 Å². The lowest BCUT2D eigenvalue weighted by Crippen LogP contribution is -2.36. The predicted molar refractivity (Wildman–Crippen MR) is 75.5 cm³/mol. The van der Waals surface area contributed by atoms with Gasteiger partial charge in [0.25, 0.3) is 5.92 Å². The van der Waals surface area contributed by atoms with Gasteiger partial charge in [-0.05, 0) is 36.5 Å². The molecule has 0 saturated heterocycles. The lowest BCUT2D eigenvalue weighted by molar-refractivity contribution is 0.0107. The SMILES string of the molecule is O=S(=O)(CC(F)(F)CC1CC1)NCc1ccc2c(c1)OCO2. The number of rotatable bonds is 7. The van der Waals surface area contributed by atoms with Crippen LogP contribution < -0.4 is 14.2 Å². The molecule has 0 atom stereocenters. The van der Waals surface area contributed by atoms with Gasteiger partial charge < -0.3 is 9.47 Å². The monoisotopic (exact) mass is 333 g/mol. The molecule has 8 heteroatoms. The lowest BCUT2D eigenvalue weighted by atomic mass is 10.2. The summed E-state index contributed by atoms with van der Waals surface area (Å²) in [5, 5.41) is 0. The summed E-state index contributed by atoms with van der Waals surface area (Å²) in [6, 6.07) is 4.96. The maximum atomic E-state index is 13.7. The Bertz CT molecular complexity index is 659. The molecule has 0 amide bonds. The standard InChI is InChI=1S/C14H17F2NO4S/c15-14(16,6-10-1-2-10)8-22(18,19)17-7-11-3-4-12-13(5-11)21-9-20-12/h3-5,10,17H,1-2,6-9H2. The highest BCUT2D eigenvalue weighted by Crippen LogP contribution is 2.39. The first-order valence-corrected chi connectivity index (χ1v) is 8.72. The van der Waals surface area contributed by atoms with E-state index in [-0.39, 0.29) is 25.7 Å². The van der Waals surface area contributed by atoms with Gasteiger partial charge in [0.1, 0.15) is 5.75 Å². The van der Waals surface area contributed by atoms with Crippen LogP contribution in [-0.2, 0) is 16.6 Å². The van der Waals surface area contributed by atoms with Crippen LogP contribution in [0.3, 0.4) is 0 Å². The van der Waals surface area contributed by atoms with Crippen LogP contribution in [0.15, 0.2) is 18.2 Å². The molecule has 0 radical (unpaired) electrons. The fourth-order valence-electron chi connectivity index (χ4n) is 2.38. The molecule has 1 saturated carbocycles. The van der Waals surface area contributed by atoms with Crippen molar-refractivity contribution in [3.8, 4) is 11.5 Å². The smallest absolute Gasteiger partial charge is 0.263 e. The maximum Gasteiger partial charge on any atom is 0.263 e. The molecule has 1 aliphatic heterocycles. The summed E-state index contributed by atoms with van der Waals surface area (Å²) in [6.45, 7) is 0.0659. The lowest BCUT2D eigenvalue weighted by Gasteiger charge is -2.16. The Labute approximate surface area is 127 Å². The third-order valence-electron chi connectivity index (χ3n) is 3.62. The van der Waals surface area contributed by atoms with E-state index in [4.69, 9.17) is 9.47 Å². The molecule has 3 rings (SSSR count). The van der Waals surface area contributed by atoms with Crippen LogP contribution in [0, 0.1) is 5.92 Å². The summed E-state index contributed by atoms with van der Waals surface area (Å²) < 4.78 is 63.5. The van der Waals surface area contributed by atoms with E-state index >= 15 is 0 Å². The van der Waals surface area contributed by atoms with Gasteiger partial charge in [0.2, 0.25) is 16.8 Å². The molecule has 2 aliphatic rings. The summed E-state index contributed by atoms with van der Waals surface area (Å²) in [5.41, 5.74) is 0.623. The highest BCUT2D eigenvalue weighted by atomic mass is 32.2. The van der Waals surface area contributed by atoms with Crippen molar-refractivity contribution >= 4 is 10.0 Å². The van der Waals surface area contributed by atoms with Crippen LogP contribution in [0.2, 0.25) is 0 Å². The molecule has 122 valence electrons. The highest BCUT2D eigenvalue weighted by molar-refractivity contribution is 7.89. The van der Waals surface area contributed by atoms with Gasteiger partial charge >= 0.3 is 0 Å². The molecule has 1 aliphatic carbocycles. The van der Waals surface area contributed by atoms with Crippen molar-refractivity contribution in [1.82, 2.24) is 4.72 Å². The minimum absolute atomic E-state index is 0.0286. The second-order valence-electron chi connectivity index (χ2n) is 5.77. The maximum absolute atomic E-state index is 13.7. The van der Waals surface area contributed by atoms with Crippen LogP contribution in [0.5, 0.6) is 11.5 Å². The Hall–Kier alpha value is -1.41. The molecule has 0 bridgehead atoms. The van der Waals surface area contributed by atoms with E-state index in [2.05, 4.69) is 4.72 Å². The fourth-order valence-corrected chi connectivity index (χ4v) is 3.54. The van der Waals surface area contributed by atoms with Crippen LogP contribution in [0.25, 0.3) is 0 Å². The largest absolute Gasteiger partial charge is 0.454 e. The van der Waals surface area contributed by atoms with Crippen molar-refractivity contribution in [2.45, 2.75) is 31.7 Å². The molecule has 1 aromatic carbocycles. The van der Waals surface area contributed by atoms with Gasteiger partial charge in [-0.2, -0.15) is 0 Å². The molecule has 1 aromatic rings. The average molecular weight is 333 g/mol. The van der Waals surface area contributed by atoms with Crippen LogP contribution in [0.1, 0.15) is 24.8 Å². The van der Waals surface area contributed by atoms with Crippen molar-refractivity contribution in [3.05, 3.63) is 23.8 Å². The molecule has 0 aromatic heterocycles. The second kappa shape index (κ2) is 5.66. The Morgan fingerprint density at radius 1 is 1.23 bits per heavy atom. The summed E-state index contributed by atoms with van der Waals surface area (Å²) in [5.74, 6) is -3.26. The number of halogens is 2. The number of sulfonamides is 1. The first-order valence-electron chi connectivity index (χ1n) is 7.07. The quantitative estimate of drug-likeness (QED) is 0.831. The third kappa shape index (κ3) is 4.07. The van der Waals surface area contributed by atoms with Gasteiger partial charge in [0.05, 0.1) is 0 Å². The van der Waals surface area contributed by atoms with Gasteiger partial charge in [-0.3, -0.25) is 0 Å². The zero-order valence-corrected chi connectivity index (χ0v) is 12.7. The minimum atomic E-state index is -4.04. The number of nitrogens with one attached hydrogen (secondary N) is 1. The normalized spacial score (nSPS) is 17.7. The second-order valence-corrected chi connectivity index (χ2v) is 7.58. The van der Waals surface area contributed by atoms with Crippen molar-refractivity contribution in [2.24, 2.45) is 5.92 Å². The first-order chi connectivity index (χ1) is 10.3. The Morgan fingerprint density at radius 2 is 1.95 bits per heavy atom. The topological polar surface area (TPSA) is 64.6 Å². The predicted octanol–water partition coefficient (Wildman–Crippen LogP) is 2.27. The molecular formula is C14H17F2NO4S. The van der Waals surface area contributed by atoms with Gasteiger partial charge in [-0.25, -0.2) is 21.9 Å². The first kappa shape index (κ1) is 15.5. The van der Waals surface area contributed by atoms with Crippen molar-refractivity contribution in [1.29, 1.82) is 0 Å². The van der Waals surface area contributed by atoms with E-state index in [1.54, 1.807) is 18.2 Å². The Kier molecular flexibility index (Phi) is 3.98. The third-order valence-corrected chi connectivity index (χ3v) is 5.01. The summed E-state index contributed by atoms with van der Waals surface area (Å²) >= 11 is 0. The fraction of sp³-hybridized carbons (Fsp3) is 0.571. The molecular weight excluding hydrogens is 316 g/mol. The van der Waals surface area contributed by atoms with Gasteiger partial charge in [-0.1, -0.05) is 6.07 Å². The zero-order chi connectivity index (χ0) is 15.8. The number of hydrogen-bond acceptors (Lipinski definition) is 4. The van der Waals surface area contributed by atoms with Crippen molar-refractivity contribution in [2.75, 3.05) is 12.5 Å². The van der Waals surface area contributed by atoms with Crippen LogP contribution >= 0.6 is 0 Å². The molecule has 5 nitrogen and oxygen atoms in total. The molecule has 0 unspecified atom stereocenters. The number of fused-ring (bicyclic) bond motifs is 1. The molecule has 1 N–H and O–H groups in total.